The maximum atomic E-state index is 5.25. The molecule has 0 aliphatic rings. The summed E-state index contributed by atoms with van der Waals surface area (Å²) in [6.45, 7) is 0. The third-order valence-corrected chi connectivity index (χ3v) is 7.70. The SMILES string of the molecule is c1ccc(-c2ccc(-c3ccc4ccc5ccc(-c6cc7ccccc7c7ccccc67)nc5c4n3)cc2)nc1. The van der Waals surface area contributed by atoms with Crippen molar-refractivity contribution in [3.05, 3.63) is 140 Å². The summed E-state index contributed by atoms with van der Waals surface area (Å²) in [5.41, 5.74) is 7.96. The van der Waals surface area contributed by atoms with Gasteiger partial charge < -0.3 is 0 Å². The Morgan fingerprint density at radius 3 is 1.68 bits per heavy atom. The molecule has 5 aromatic carbocycles. The second kappa shape index (κ2) is 9.11. The molecule has 3 heteroatoms. The highest BCUT2D eigenvalue weighted by molar-refractivity contribution is 6.14. The minimum atomic E-state index is 0.913. The average Bonchev–Trinajstić information content (AvgIpc) is 3.04. The van der Waals surface area contributed by atoms with Crippen LogP contribution in [0.25, 0.3) is 77.1 Å². The summed E-state index contributed by atoms with van der Waals surface area (Å²) >= 11 is 0. The van der Waals surface area contributed by atoms with E-state index >= 15 is 0 Å². The molecule has 3 heterocycles. The molecular weight excluding hydrogens is 486 g/mol. The molecule has 0 saturated heterocycles. The fourth-order valence-electron chi connectivity index (χ4n) is 5.69. The standard InChI is InChI=1S/C37H23N3/c1-2-8-29-28(7-1)23-32(31-10-4-3-9-30(29)31)35-21-19-27-17-16-26-18-20-34(39-36(26)37(27)40-35)25-14-12-24(13-15-25)33-11-5-6-22-38-33/h1-23H. The van der Waals surface area contributed by atoms with E-state index in [1.165, 1.54) is 21.5 Å². The Bertz CT molecular complexity index is 2200. The van der Waals surface area contributed by atoms with Crippen LogP contribution in [-0.2, 0) is 0 Å². The number of aromatic nitrogens is 3. The van der Waals surface area contributed by atoms with Crippen LogP contribution in [0.15, 0.2) is 140 Å². The van der Waals surface area contributed by atoms with Gasteiger partial charge in [0, 0.05) is 33.7 Å². The van der Waals surface area contributed by atoms with Gasteiger partial charge in [-0.3, -0.25) is 4.98 Å². The predicted molar refractivity (Wildman–Crippen MR) is 166 cm³/mol. The quantitative estimate of drug-likeness (QED) is 0.223. The molecule has 0 unspecified atom stereocenters. The third kappa shape index (κ3) is 3.71. The lowest BCUT2D eigenvalue weighted by Crippen LogP contribution is -1.92. The molecular formula is C37H23N3. The van der Waals surface area contributed by atoms with E-state index in [4.69, 9.17) is 9.97 Å². The van der Waals surface area contributed by atoms with Crippen molar-refractivity contribution in [1.82, 2.24) is 15.0 Å². The normalized spacial score (nSPS) is 11.5. The highest BCUT2D eigenvalue weighted by atomic mass is 14.8. The summed E-state index contributed by atoms with van der Waals surface area (Å²) in [4.78, 5) is 14.9. The van der Waals surface area contributed by atoms with E-state index in [-0.39, 0.29) is 0 Å². The molecule has 0 aliphatic carbocycles. The van der Waals surface area contributed by atoms with Gasteiger partial charge in [0.1, 0.15) is 0 Å². The molecule has 0 bridgehead atoms. The summed E-state index contributed by atoms with van der Waals surface area (Å²) in [7, 11) is 0. The number of benzene rings is 5. The van der Waals surface area contributed by atoms with Crippen LogP contribution in [0.4, 0.5) is 0 Å². The van der Waals surface area contributed by atoms with Gasteiger partial charge in [0.15, 0.2) is 0 Å². The summed E-state index contributed by atoms with van der Waals surface area (Å²) in [6.07, 6.45) is 1.82. The zero-order valence-corrected chi connectivity index (χ0v) is 21.6. The molecule has 0 radical (unpaired) electrons. The first kappa shape index (κ1) is 22.6. The van der Waals surface area contributed by atoms with E-state index in [0.29, 0.717) is 0 Å². The second-order valence-corrected chi connectivity index (χ2v) is 10.1. The minimum Gasteiger partial charge on any atom is -0.256 e. The monoisotopic (exact) mass is 509 g/mol. The van der Waals surface area contributed by atoms with Crippen molar-refractivity contribution in [1.29, 1.82) is 0 Å². The van der Waals surface area contributed by atoms with E-state index in [1.54, 1.807) is 0 Å². The molecule has 0 spiro atoms. The molecule has 3 aromatic heterocycles. The van der Waals surface area contributed by atoms with E-state index in [2.05, 4.69) is 120 Å². The average molecular weight is 510 g/mol. The smallest absolute Gasteiger partial charge is 0.0972 e. The first-order valence-electron chi connectivity index (χ1n) is 13.5. The van der Waals surface area contributed by atoms with Crippen molar-refractivity contribution in [2.75, 3.05) is 0 Å². The van der Waals surface area contributed by atoms with Crippen LogP contribution in [0.3, 0.4) is 0 Å². The second-order valence-electron chi connectivity index (χ2n) is 10.1. The molecule has 40 heavy (non-hydrogen) atoms. The molecule has 8 aromatic rings. The first-order chi connectivity index (χ1) is 19.8. The summed E-state index contributed by atoms with van der Waals surface area (Å²) in [6, 6.07) is 46.6. The highest BCUT2D eigenvalue weighted by Crippen LogP contribution is 2.36. The van der Waals surface area contributed by atoms with Crippen LogP contribution < -0.4 is 0 Å². The number of rotatable bonds is 3. The van der Waals surface area contributed by atoms with Gasteiger partial charge in [-0.15, -0.1) is 0 Å². The van der Waals surface area contributed by atoms with E-state index < -0.39 is 0 Å². The fraction of sp³-hybridized carbons (Fsp3) is 0. The Kier molecular flexibility index (Phi) is 5.14. The molecule has 0 amide bonds. The Balaban J connectivity index is 1.29. The van der Waals surface area contributed by atoms with Crippen LogP contribution in [0.5, 0.6) is 0 Å². The molecule has 8 rings (SSSR count). The number of nitrogens with zero attached hydrogens (tertiary/aromatic N) is 3. The van der Waals surface area contributed by atoms with E-state index in [0.717, 1.165) is 55.6 Å². The summed E-state index contributed by atoms with van der Waals surface area (Å²) < 4.78 is 0. The van der Waals surface area contributed by atoms with Crippen molar-refractivity contribution < 1.29 is 0 Å². The zero-order valence-electron chi connectivity index (χ0n) is 21.6. The minimum absolute atomic E-state index is 0.913. The van der Waals surface area contributed by atoms with Crippen LogP contribution in [0.1, 0.15) is 0 Å². The van der Waals surface area contributed by atoms with Gasteiger partial charge in [-0.2, -0.15) is 0 Å². The van der Waals surface area contributed by atoms with Gasteiger partial charge in [-0.1, -0.05) is 103 Å². The fourth-order valence-corrected chi connectivity index (χ4v) is 5.69. The maximum Gasteiger partial charge on any atom is 0.0972 e. The molecule has 0 fully saturated rings. The molecule has 186 valence electrons. The first-order valence-corrected chi connectivity index (χ1v) is 13.5. The Morgan fingerprint density at radius 2 is 0.950 bits per heavy atom. The Hall–Kier alpha value is -5.41. The van der Waals surface area contributed by atoms with E-state index in [9.17, 15) is 0 Å². The topological polar surface area (TPSA) is 38.7 Å². The van der Waals surface area contributed by atoms with Gasteiger partial charge >= 0.3 is 0 Å². The molecule has 0 saturated carbocycles. The van der Waals surface area contributed by atoms with Gasteiger partial charge in [0.05, 0.1) is 28.1 Å². The maximum absolute atomic E-state index is 5.25. The third-order valence-electron chi connectivity index (χ3n) is 7.70. The molecule has 3 nitrogen and oxygen atoms in total. The number of fused-ring (bicyclic) bond motifs is 6. The number of hydrogen-bond acceptors (Lipinski definition) is 3. The molecule has 0 atom stereocenters. The van der Waals surface area contributed by atoms with Gasteiger partial charge in [-0.25, -0.2) is 9.97 Å². The predicted octanol–water partition coefficient (Wildman–Crippen LogP) is 9.49. The van der Waals surface area contributed by atoms with Crippen molar-refractivity contribution in [2.45, 2.75) is 0 Å². The number of pyridine rings is 3. The lowest BCUT2D eigenvalue weighted by Gasteiger charge is -2.12. The Labute approximate surface area is 231 Å². The van der Waals surface area contributed by atoms with Gasteiger partial charge in [0.25, 0.3) is 0 Å². The van der Waals surface area contributed by atoms with Crippen molar-refractivity contribution in [3.8, 4) is 33.8 Å². The van der Waals surface area contributed by atoms with Crippen LogP contribution in [0, 0.1) is 0 Å². The molecule has 0 N–H and O–H groups in total. The van der Waals surface area contributed by atoms with Crippen molar-refractivity contribution in [3.63, 3.8) is 0 Å². The van der Waals surface area contributed by atoms with E-state index in [1.807, 2.05) is 24.4 Å². The number of hydrogen-bond donors (Lipinski definition) is 0. The van der Waals surface area contributed by atoms with Gasteiger partial charge in [-0.05, 0) is 51.9 Å². The van der Waals surface area contributed by atoms with Crippen molar-refractivity contribution >= 4 is 43.4 Å². The van der Waals surface area contributed by atoms with Crippen LogP contribution >= 0.6 is 0 Å². The summed E-state index contributed by atoms with van der Waals surface area (Å²) in [5.74, 6) is 0. The largest absolute Gasteiger partial charge is 0.256 e. The van der Waals surface area contributed by atoms with Crippen LogP contribution in [-0.4, -0.2) is 15.0 Å². The van der Waals surface area contributed by atoms with Gasteiger partial charge in [0.2, 0.25) is 0 Å². The lowest BCUT2D eigenvalue weighted by molar-refractivity contribution is 1.32. The lowest BCUT2D eigenvalue weighted by atomic mass is 9.95. The summed E-state index contributed by atoms with van der Waals surface area (Å²) in [5, 5.41) is 7.07. The van der Waals surface area contributed by atoms with Crippen LogP contribution in [0.2, 0.25) is 0 Å². The molecule has 0 aliphatic heterocycles. The highest BCUT2D eigenvalue weighted by Gasteiger charge is 2.12. The van der Waals surface area contributed by atoms with Crippen molar-refractivity contribution in [2.24, 2.45) is 0 Å². The Morgan fingerprint density at radius 1 is 0.375 bits per heavy atom. The zero-order chi connectivity index (χ0) is 26.5.